The lowest BCUT2D eigenvalue weighted by Gasteiger charge is -2.24. The van der Waals surface area contributed by atoms with Crippen LogP contribution >= 0.6 is 0 Å². The van der Waals surface area contributed by atoms with E-state index in [0.717, 1.165) is 11.6 Å². The first-order valence-electron chi connectivity index (χ1n) is 6.65. The van der Waals surface area contributed by atoms with E-state index in [-0.39, 0.29) is 17.7 Å². The van der Waals surface area contributed by atoms with E-state index in [9.17, 15) is 9.18 Å². The largest absolute Gasteiger partial charge is 0.478 e. The highest BCUT2D eigenvalue weighted by atomic mass is 19.1. The van der Waals surface area contributed by atoms with Crippen LogP contribution in [0.1, 0.15) is 22.3 Å². The van der Waals surface area contributed by atoms with Gasteiger partial charge in [0.15, 0.2) is 0 Å². The maximum absolute atomic E-state index is 14.2. The SMILES string of the molecule is N#CCCN(Cc1cccnc1)c1ccc(C(=O)O)cc1F. The Kier molecular flexibility index (Phi) is 5.04. The molecular weight excluding hydrogens is 285 g/mol. The number of nitriles is 1. The van der Waals surface area contributed by atoms with Crippen LogP contribution < -0.4 is 4.90 Å². The van der Waals surface area contributed by atoms with Gasteiger partial charge in [0, 0.05) is 25.5 Å². The lowest BCUT2D eigenvalue weighted by Crippen LogP contribution is -2.25. The van der Waals surface area contributed by atoms with Crippen LogP contribution in [0.15, 0.2) is 42.7 Å². The molecule has 0 amide bonds. The van der Waals surface area contributed by atoms with E-state index in [1.165, 1.54) is 12.1 Å². The summed E-state index contributed by atoms with van der Waals surface area (Å²) in [5, 5.41) is 17.6. The highest BCUT2D eigenvalue weighted by molar-refractivity contribution is 5.88. The van der Waals surface area contributed by atoms with Crippen molar-refractivity contribution >= 4 is 11.7 Å². The Morgan fingerprint density at radius 2 is 2.23 bits per heavy atom. The van der Waals surface area contributed by atoms with Crippen molar-refractivity contribution in [2.75, 3.05) is 11.4 Å². The zero-order valence-electron chi connectivity index (χ0n) is 11.7. The number of aromatic carboxylic acids is 1. The van der Waals surface area contributed by atoms with Gasteiger partial charge in [0.2, 0.25) is 0 Å². The van der Waals surface area contributed by atoms with Crippen molar-refractivity contribution in [3.8, 4) is 6.07 Å². The molecule has 0 fully saturated rings. The van der Waals surface area contributed by atoms with Gasteiger partial charge in [-0.05, 0) is 29.8 Å². The van der Waals surface area contributed by atoms with Crippen LogP contribution in [0.4, 0.5) is 10.1 Å². The molecule has 22 heavy (non-hydrogen) atoms. The molecule has 0 saturated heterocycles. The van der Waals surface area contributed by atoms with Crippen LogP contribution in [0.3, 0.4) is 0 Å². The molecule has 0 atom stereocenters. The number of hydrogen-bond acceptors (Lipinski definition) is 4. The normalized spacial score (nSPS) is 10.0. The van der Waals surface area contributed by atoms with Crippen LogP contribution in [-0.4, -0.2) is 22.6 Å². The van der Waals surface area contributed by atoms with E-state index < -0.39 is 11.8 Å². The topological polar surface area (TPSA) is 77.2 Å². The van der Waals surface area contributed by atoms with Gasteiger partial charge < -0.3 is 10.0 Å². The third-order valence-electron chi connectivity index (χ3n) is 3.13. The number of nitrogens with zero attached hydrogens (tertiary/aromatic N) is 3. The molecule has 2 aromatic rings. The first-order valence-corrected chi connectivity index (χ1v) is 6.65. The highest BCUT2D eigenvalue weighted by Gasteiger charge is 2.14. The fourth-order valence-electron chi connectivity index (χ4n) is 2.08. The minimum absolute atomic E-state index is 0.108. The smallest absolute Gasteiger partial charge is 0.335 e. The molecule has 0 bridgehead atoms. The van der Waals surface area contributed by atoms with Crippen molar-refractivity contribution < 1.29 is 14.3 Å². The Labute approximate surface area is 127 Å². The second-order valence-corrected chi connectivity index (χ2v) is 4.66. The van der Waals surface area contributed by atoms with E-state index in [1.54, 1.807) is 23.4 Å². The molecule has 6 heteroatoms. The summed E-state index contributed by atoms with van der Waals surface area (Å²) in [4.78, 5) is 16.6. The number of rotatable bonds is 6. The fraction of sp³-hybridized carbons (Fsp3) is 0.188. The summed E-state index contributed by atoms with van der Waals surface area (Å²) in [6.07, 6.45) is 3.55. The average Bonchev–Trinajstić information content (AvgIpc) is 2.52. The monoisotopic (exact) mass is 299 g/mol. The number of halogens is 1. The summed E-state index contributed by atoms with van der Waals surface area (Å²) >= 11 is 0. The number of carboxylic acid groups (broad SMARTS) is 1. The molecule has 5 nitrogen and oxygen atoms in total. The van der Waals surface area contributed by atoms with Crippen LogP contribution in [0, 0.1) is 17.1 Å². The third-order valence-corrected chi connectivity index (χ3v) is 3.13. The van der Waals surface area contributed by atoms with E-state index >= 15 is 0 Å². The molecule has 2 rings (SSSR count). The molecule has 0 saturated carbocycles. The molecule has 112 valence electrons. The van der Waals surface area contributed by atoms with Gasteiger partial charge in [-0.25, -0.2) is 9.18 Å². The summed E-state index contributed by atoms with van der Waals surface area (Å²) in [5.74, 6) is -1.80. The Morgan fingerprint density at radius 3 is 2.82 bits per heavy atom. The third kappa shape index (κ3) is 3.79. The molecule has 1 heterocycles. The summed E-state index contributed by atoms with van der Waals surface area (Å²) in [7, 11) is 0. The summed E-state index contributed by atoms with van der Waals surface area (Å²) in [6.45, 7) is 0.730. The minimum Gasteiger partial charge on any atom is -0.478 e. The van der Waals surface area contributed by atoms with Crippen molar-refractivity contribution in [2.45, 2.75) is 13.0 Å². The van der Waals surface area contributed by atoms with Crippen LogP contribution in [0.25, 0.3) is 0 Å². The Bertz CT molecular complexity index is 698. The second kappa shape index (κ2) is 7.18. The van der Waals surface area contributed by atoms with Gasteiger partial charge in [0.25, 0.3) is 0 Å². The maximum Gasteiger partial charge on any atom is 0.335 e. The molecule has 0 unspecified atom stereocenters. The lowest BCUT2D eigenvalue weighted by molar-refractivity contribution is 0.0696. The van der Waals surface area contributed by atoms with Gasteiger partial charge in [-0.15, -0.1) is 0 Å². The van der Waals surface area contributed by atoms with E-state index in [4.69, 9.17) is 10.4 Å². The predicted molar refractivity (Wildman–Crippen MR) is 78.9 cm³/mol. The van der Waals surface area contributed by atoms with Crippen molar-refractivity contribution in [1.82, 2.24) is 4.98 Å². The number of aromatic nitrogens is 1. The van der Waals surface area contributed by atoms with Crippen molar-refractivity contribution in [1.29, 1.82) is 5.26 Å². The summed E-state index contributed by atoms with van der Waals surface area (Å²) in [6, 6.07) is 9.43. The Balaban J connectivity index is 2.29. The molecule has 0 spiro atoms. The van der Waals surface area contributed by atoms with Gasteiger partial charge in [-0.2, -0.15) is 5.26 Å². The van der Waals surface area contributed by atoms with Crippen LogP contribution in [0.5, 0.6) is 0 Å². The van der Waals surface area contributed by atoms with E-state index in [1.807, 2.05) is 12.1 Å². The van der Waals surface area contributed by atoms with Crippen molar-refractivity contribution in [3.05, 3.63) is 59.7 Å². The van der Waals surface area contributed by atoms with Crippen LogP contribution in [-0.2, 0) is 6.54 Å². The number of hydrogen-bond donors (Lipinski definition) is 1. The molecule has 0 aliphatic heterocycles. The van der Waals surface area contributed by atoms with Gasteiger partial charge in [0.1, 0.15) is 5.82 Å². The number of anilines is 1. The minimum atomic E-state index is -1.18. The molecule has 0 aliphatic rings. The lowest BCUT2D eigenvalue weighted by atomic mass is 10.1. The van der Waals surface area contributed by atoms with Crippen molar-refractivity contribution in [2.24, 2.45) is 0 Å². The quantitative estimate of drug-likeness (QED) is 0.887. The van der Waals surface area contributed by atoms with E-state index in [0.29, 0.717) is 13.1 Å². The molecule has 1 aromatic carbocycles. The van der Waals surface area contributed by atoms with Gasteiger partial charge in [-0.3, -0.25) is 4.98 Å². The molecular formula is C16H14FN3O2. The standard InChI is InChI=1S/C16H14FN3O2/c17-14-9-13(16(21)22)4-5-15(14)20(8-2-6-18)11-12-3-1-7-19-10-12/h1,3-5,7,9-10H,2,8,11H2,(H,21,22). The zero-order chi connectivity index (χ0) is 15.9. The van der Waals surface area contributed by atoms with E-state index in [2.05, 4.69) is 4.98 Å². The number of carbonyl (C=O) groups is 1. The molecule has 0 radical (unpaired) electrons. The summed E-state index contributed by atoms with van der Waals surface area (Å²) in [5.41, 5.74) is 1.04. The Hall–Kier alpha value is -2.94. The van der Waals surface area contributed by atoms with Gasteiger partial charge >= 0.3 is 5.97 Å². The van der Waals surface area contributed by atoms with Gasteiger partial charge in [-0.1, -0.05) is 6.07 Å². The molecule has 0 aliphatic carbocycles. The predicted octanol–water partition coefficient (Wildman–Crippen LogP) is 2.84. The van der Waals surface area contributed by atoms with Crippen LogP contribution in [0.2, 0.25) is 0 Å². The first-order chi connectivity index (χ1) is 10.6. The molecule has 1 N–H and O–H groups in total. The van der Waals surface area contributed by atoms with Crippen molar-refractivity contribution in [3.63, 3.8) is 0 Å². The number of benzene rings is 1. The Morgan fingerprint density at radius 1 is 1.41 bits per heavy atom. The van der Waals surface area contributed by atoms with Gasteiger partial charge in [0.05, 0.1) is 23.7 Å². The first kappa shape index (κ1) is 15.4. The zero-order valence-corrected chi connectivity index (χ0v) is 11.7. The number of pyridine rings is 1. The average molecular weight is 299 g/mol. The fourth-order valence-corrected chi connectivity index (χ4v) is 2.08. The highest BCUT2D eigenvalue weighted by Crippen LogP contribution is 2.23. The summed E-state index contributed by atoms with van der Waals surface area (Å²) < 4.78 is 14.2. The second-order valence-electron chi connectivity index (χ2n) is 4.66. The maximum atomic E-state index is 14.2. The molecule has 1 aromatic heterocycles. The number of carboxylic acids is 1.